The highest BCUT2D eigenvalue weighted by atomic mass is 32.1. The van der Waals surface area contributed by atoms with Gasteiger partial charge >= 0.3 is 0 Å². The van der Waals surface area contributed by atoms with E-state index in [4.69, 9.17) is 9.47 Å². The standard InChI is InChI=1S/C17H24N2O3S/c1-6-22-12-7-8-13-14(11-12)23-16(19(13)9-10-21-5)18-15(20)17(2,3)4/h7-8,11H,6,9-10H2,1-5H3. The molecule has 1 aromatic carbocycles. The molecule has 0 fully saturated rings. The summed E-state index contributed by atoms with van der Waals surface area (Å²) in [6.45, 7) is 9.42. The number of rotatable bonds is 5. The van der Waals surface area contributed by atoms with Crippen LogP contribution in [-0.2, 0) is 16.1 Å². The second-order valence-electron chi connectivity index (χ2n) is 6.26. The van der Waals surface area contributed by atoms with Crippen molar-refractivity contribution in [2.75, 3.05) is 20.3 Å². The van der Waals surface area contributed by atoms with Crippen molar-refractivity contribution in [1.29, 1.82) is 0 Å². The summed E-state index contributed by atoms with van der Waals surface area (Å²) in [5.74, 6) is 0.703. The average Bonchev–Trinajstić information content (AvgIpc) is 2.81. The topological polar surface area (TPSA) is 52.8 Å². The largest absolute Gasteiger partial charge is 0.494 e. The van der Waals surface area contributed by atoms with E-state index in [0.29, 0.717) is 24.6 Å². The maximum Gasteiger partial charge on any atom is 0.253 e. The molecule has 0 saturated heterocycles. The zero-order valence-electron chi connectivity index (χ0n) is 14.4. The van der Waals surface area contributed by atoms with Crippen molar-refractivity contribution in [3.63, 3.8) is 0 Å². The Hall–Kier alpha value is -1.66. The molecule has 0 aliphatic heterocycles. The molecule has 0 radical (unpaired) electrons. The molecule has 5 nitrogen and oxygen atoms in total. The van der Waals surface area contributed by atoms with Crippen molar-refractivity contribution < 1.29 is 14.3 Å². The quantitative estimate of drug-likeness (QED) is 0.842. The van der Waals surface area contributed by atoms with Crippen molar-refractivity contribution in [3.05, 3.63) is 23.0 Å². The van der Waals surface area contributed by atoms with Crippen molar-refractivity contribution in [3.8, 4) is 5.75 Å². The number of nitrogens with zero attached hydrogens (tertiary/aromatic N) is 2. The third-order valence-electron chi connectivity index (χ3n) is 3.32. The summed E-state index contributed by atoms with van der Waals surface area (Å²) in [4.78, 5) is 17.3. The van der Waals surface area contributed by atoms with Gasteiger partial charge in [0.15, 0.2) is 4.80 Å². The predicted molar refractivity (Wildman–Crippen MR) is 92.9 cm³/mol. The molecule has 0 aliphatic rings. The molecule has 0 aliphatic carbocycles. The molecule has 0 saturated carbocycles. The number of carbonyl (C=O) groups is 1. The molecular weight excluding hydrogens is 312 g/mol. The molecule has 6 heteroatoms. The van der Waals surface area contributed by atoms with Gasteiger partial charge < -0.3 is 14.0 Å². The molecule has 0 N–H and O–H groups in total. The zero-order valence-corrected chi connectivity index (χ0v) is 15.2. The van der Waals surface area contributed by atoms with E-state index in [1.165, 1.54) is 11.3 Å². The van der Waals surface area contributed by atoms with Crippen LogP contribution in [0.2, 0.25) is 0 Å². The Morgan fingerprint density at radius 1 is 1.35 bits per heavy atom. The molecular formula is C17H24N2O3S. The lowest BCUT2D eigenvalue weighted by Gasteiger charge is -2.12. The van der Waals surface area contributed by atoms with Gasteiger partial charge in [-0.15, -0.1) is 0 Å². The van der Waals surface area contributed by atoms with Crippen LogP contribution < -0.4 is 9.54 Å². The SMILES string of the molecule is CCOc1ccc2c(c1)sc(=NC(=O)C(C)(C)C)n2CCOC. The van der Waals surface area contributed by atoms with Crippen LogP contribution in [0.5, 0.6) is 5.75 Å². The summed E-state index contributed by atoms with van der Waals surface area (Å²) in [6.07, 6.45) is 0. The van der Waals surface area contributed by atoms with E-state index in [1.54, 1.807) is 7.11 Å². The van der Waals surface area contributed by atoms with Gasteiger partial charge in [0.1, 0.15) is 5.75 Å². The minimum Gasteiger partial charge on any atom is -0.494 e. The summed E-state index contributed by atoms with van der Waals surface area (Å²) >= 11 is 1.50. The predicted octanol–water partition coefficient (Wildman–Crippen LogP) is 3.22. The molecule has 1 aromatic heterocycles. The monoisotopic (exact) mass is 336 g/mol. The van der Waals surface area contributed by atoms with E-state index >= 15 is 0 Å². The number of ether oxygens (including phenoxy) is 2. The summed E-state index contributed by atoms with van der Waals surface area (Å²) in [5, 5.41) is 0. The van der Waals surface area contributed by atoms with Gasteiger partial charge in [0, 0.05) is 19.1 Å². The molecule has 0 unspecified atom stereocenters. The maximum atomic E-state index is 12.3. The van der Waals surface area contributed by atoms with E-state index in [1.807, 2.05) is 50.5 Å². The van der Waals surface area contributed by atoms with E-state index in [-0.39, 0.29) is 5.91 Å². The molecule has 0 spiro atoms. The van der Waals surface area contributed by atoms with Crippen molar-refractivity contribution in [2.24, 2.45) is 10.4 Å². The zero-order chi connectivity index (χ0) is 17.0. The van der Waals surface area contributed by atoms with Gasteiger partial charge in [-0.2, -0.15) is 4.99 Å². The van der Waals surface area contributed by atoms with Crippen LogP contribution in [0.3, 0.4) is 0 Å². The number of fused-ring (bicyclic) bond motifs is 1. The van der Waals surface area contributed by atoms with Crippen molar-refractivity contribution >= 4 is 27.5 Å². The van der Waals surface area contributed by atoms with Gasteiger partial charge in [0.25, 0.3) is 5.91 Å². The fourth-order valence-electron chi connectivity index (χ4n) is 2.05. The highest BCUT2D eigenvalue weighted by Crippen LogP contribution is 2.24. The van der Waals surface area contributed by atoms with E-state index in [9.17, 15) is 4.79 Å². The highest BCUT2D eigenvalue weighted by molar-refractivity contribution is 7.16. The summed E-state index contributed by atoms with van der Waals surface area (Å²) in [7, 11) is 1.67. The Kier molecular flexibility index (Phi) is 5.59. The van der Waals surface area contributed by atoms with Gasteiger partial charge in [-0.1, -0.05) is 32.1 Å². The molecule has 2 aromatic rings. The number of carbonyl (C=O) groups excluding carboxylic acids is 1. The van der Waals surface area contributed by atoms with Crippen molar-refractivity contribution in [2.45, 2.75) is 34.2 Å². The molecule has 1 heterocycles. The third kappa shape index (κ3) is 4.20. The Morgan fingerprint density at radius 2 is 2.09 bits per heavy atom. The molecule has 23 heavy (non-hydrogen) atoms. The van der Waals surface area contributed by atoms with Crippen LogP contribution >= 0.6 is 11.3 Å². The molecule has 1 amide bonds. The summed E-state index contributed by atoms with van der Waals surface area (Å²) < 4.78 is 13.8. The Labute approximate surface area is 140 Å². The van der Waals surface area contributed by atoms with E-state index in [0.717, 1.165) is 16.0 Å². The smallest absolute Gasteiger partial charge is 0.253 e. The molecule has 0 bridgehead atoms. The summed E-state index contributed by atoms with van der Waals surface area (Å²) in [5.41, 5.74) is 0.544. The van der Waals surface area contributed by atoms with Crippen LogP contribution in [0.15, 0.2) is 23.2 Å². The first-order valence-electron chi connectivity index (χ1n) is 7.71. The lowest BCUT2D eigenvalue weighted by atomic mass is 9.96. The number of amides is 1. The average molecular weight is 336 g/mol. The number of benzene rings is 1. The highest BCUT2D eigenvalue weighted by Gasteiger charge is 2.21. The fraction of sp³-hybridized carbons (Fsp3) is 0.529. The lowest BCUT2D eigenvalue weighted by Crippen LogP contribution is -2.24. The van der Waals surface area contributed by atoms with Gasteiger partial charge in [0.2, 0.25) is 0 Å². The molecule has 0 atom stereocenters. The number of aromatic nitrogens is 1. The van der Waals surface area contributed by atoms with Crippen LogP contribution in [0.4, 0.5) is 0 Å². The second kappa shape index (κ2) is 7.27. The van der Waals surface area contributed by atoms with Gasteiger partial charge in [-0.25, -0.2) is 0 Å². The Morgan fingerprint density at radius 3 is 2.70 bits per heavy atom. The van der Waals surface area contributed by atoms with Crippen LogP contribution in [-0.4, -0.2) is 30.8 Å². The van der Waals surface area contributed by atoms with Crippen LogP contribution in [0.25, 0.3) is 10.2 Å². The number of hydrogen-bond acceptors (Lipinski definition) is 4. The lowest BCUT2D eigenvalue weighted by molar-refractivity contribution is -0.125. The van der Waals surface area contributed by atoms with Gasteiger partial charge in [-0.05, 0) is 25.1 Å². The summed E-state index contributed by atoms with van der Waals surface area (Å²) in [6, 6.07) is 5.94. The van der Waals surface area contributed by atoms with Gasteiger partial charge in [-0.3, -0.25) is 4.79 Å². The van der Waals surface area contributed by atoms with Crippen LogP contribution in [0.1, 0.15) is 27.7 Å². The minimum atomic E-state index is -0.494. The van der Waals surface area contributed by atoms with Gasteiger partial charge in [0.05, 0.1) is 23.4 Å². The normalized spacial score (nSPS) is 12.8. The van der Waals surface area contributed by atoms with Crippen LogP contribution in [0, 0.1) is 5.41 Å². The maximum absolute atomic E-state index is 12.3. The van der Waals surface area contributed by atoms with E-state index < -0.39 is 5.41 Å². The van der Waals surface area contributed by atoms with Crippen molar-refractivity contribution in [1.82, 2.24) is 4.57 Å². The first kappa shape index (κ1) is 17.7. The fourth-order valence-corrected chi connectivity index (χ4v) is 3.13. The second-order valence-corrected chi connectivity index (χ2v) is 7.27. The first-order chi connectivity index (χ1) is 10.9. The Balaban J connectivity index is 2.57. The molecule has 126 valence electrons. The first-order valence-corrected chi connectivity index (χ1v) is 8.52. The number of thiazole rings is 1. The number of methoxy groups -OCH3 is 1. The number of hydrogen-bond donors (Lipinski definition) is 0. The Bertz CT molecular complexity index is 753. The molecule has 2 rings (SSSR count). The third-order valence-corrected chi connectivity index (χ3v) is 4.36. The minimum absolute atomic E-state index is 0.125. The van der Waals surface area contributed by atoms with E-state index in [2.05, 4.69) is 4.99 Å².